The first-order chi connectivity index (χ1) is 13.7. The van der Waals surface area contributed by atoms with Gasteiger partial charge in [-0.25, -0.2) is 9.37 Å². The summed E-state index contributed by atoms with van der Waals surface area (Å²) < 4.78 is 19.0. The highest BCUT2D eigenvalue weighted by atomic mass is 19.1. The molecule has 1 aliphatic rings. The zero-order chi connectivity index (χ0) is 19.3. The Kier molecular flexibility index (Phi) is 5.33. The van der Waals surface area contributed by atoms with Crippen LogP contribution in [0.1, 0.15) is 28.7 Å². The van der Waals surface area contributed by atoms with Gasteiger partial charge in [0.1, 0.15) is 11.6 Å². The van der Waals surface area contributed by atoms with Crippen LogP contribution in [-0.4, -0.2) is 10.9 Å². The van der Waals surface area contributed by atoms with E-state index < -0.39 is 0 Å². The third kappa shape index (κ3) is 4.36. The number of carbonyl (C=O) groups excluding carboxylic acids is 1. The van der Waals surface area contributed by atoms with Crippen molar-refractivity contribution >= 4 is 5.91 Å². The third-order valence-corrected chi connectivity index (χ3v) is 4.86. The molecular weight excluding hydrogens is 355 g/mol. The van der Waals surface area contributed by atoms with Gasteiger partial charge in [-0.05, 0) is 54.2 Å². The number of nitrogens with zero attached hydrogens (tertiary/aromatic N) is 1. The fourth-order valence-electron chi connectivity index (χ4n) is 3.47. The second kappa shape index (κ2) is 8.21. The standard InChI is InChI=1S/C23H21FN2O2/c24-20-7-2-8-21(14-20)28-23-19(6-3-11-25-23)15-26-22(27)13-16-9-10-17-4-1-5-18(17)12-16/h2-3,6-12,14H,1,4-5,13,15H2,(H,26,27). The predicted molar refractivity (Wildman–Crippen MR) is 105 cm³/mol. The molecule has 1 aromatic heterocycles. The van der Waals surface area contributed by atoms with E-state index in [9.17, 15) is 9.18 Å². The van der Waals surface area contributed by atoms with Crippen LogP contribution >= 0.6 is 0 Å². The molecule has 0 bridgehead atoms. The smallest absolute Gasteiger partial charge is 0.224 e. The lowest BCUT2D eigenvalue weighted by molar-refractivity contribution is -0.120. The van der Waals surface area contributed by atoms with Crippen LogP contribution in [0, 0.1) is 5.82 Å². The van der Waals surface area contributed by atoms with Gasteiger partial charge in [-0.1, -0.05) is 30.3 Å². The van der Waals surface area contributed by atoms with Gasteiger partial charge < -0.3 is 10.1 Å². The number of rotatable bonds is 6. The molecule has 0 saturated carbocycles. The number of halogens is 1. The molecule has 0 saturated heterocycles. The maximum Gasteiger partial charge on any atom is 0.224 e. The van der Waals surface area contributed by atoms with Crippen LogP contribution in [0.5, 0.6) is 11.6 Å². The van der Waals surface area contributed by atoms with Gasteiger partial charge in [-0.3, -0.25) is 4.79 Å². The largest absolute Gasteiger partial charge is 0.439 e. The molecule has 28 heavy (non-hydrogen) atoms. The molecule has 0 aliphatic heterocycles. The summed E-state index contributed by atoms with van der Waals surface area (Å²) in [5, 5.41) is 2.92. The quantitative estimate of drug-likeness (QED) is 0.695. The number of benzene rings is 2. The normalized spacial score (nSPS) is 12.5. The van der Waals surface area contributed by atoms with Crippen molar-refractivity contribution in [2.45, 2.75) is 32.2 Å². The molecule has 0 fully saturated rings. The maximum atomic E-state index is 13.4. The van der Waals surface area contributed by atoms with Crippen LogP contribution in [0.25, 0.3) is 0 Å². The summed E-state index contributed by atoms with van der Waals surface area (Å²) in [5.74, 6) is 0.284. The molecule has 0 unspecified atom stereocenters. The van der Waals surface area contributed by atoms with Crippen LogP contribution in [0.15, 0.2) is 60.8 Å². The van der Waals surface area contributed by atoms with Crippen molar-refractivity contribution in [3.63, 3.8) is 0 Å². The van der Waals surface area contributed by atoms with E-state index in [2.05, 4.69) is 22.4 Å². The van der Waals surface area contributed by atoms with Crippen molar-refractivity contribution in [3.05, 3.63) is 88.9 Å². The number of aromatic nitrogens is 1. The number of amides is 1. The topological polar surface area (TPSA) is 51.2 Å². The molecule has 3 aromatic rings. The van der Waals surface area contributed by atoms with E-state index in [1.165, 1.54) is 29.7 Å². The van der Waals surface area contributed by atoms with Gasteiger partial charge in [0.25, 0.3) is 0 Å². The van der Waals surface area contributed by atoms with Crippen molar-refractivity contribution < 1.29 is 13.9 Å². The Morgan fingerprint density at radius 2 is 1.96 bits per heavy atom. The second-order valence-corrected chi connectivity index (χ2v) is 6.94. The van der Waals surface area contributed by atoms with Crippen LogP contribution in [0.4, 0.5) is 4.39 Å². The zero-order valence-corrected chi connectivity index (χ0v) is 15.5. The first-order valence-electron chi connectivity index (χ1n) is 9.42. The van der Waals surface area contributed by atoms with Crippen LogP contribution in [-0.2, 0) is 30.6 Å². The monoisotopic (exact) mass is 376 g/mol. The number of carbonyl (C=O) groups is 1. The van der Waals surface area contributed by atoms with E-state index in [1.54, 1.807) is 24.4 Å². The summed E-state index contributed by atoms with van der Waals surface area (Å²) in [6.45, 7) is 0.294. The maximum absolute atomic E-state index is 13.4. The summed E-state index contributed by atoms with van der Waals surface area (Å²) in [6.07, 6.45) is 5.37. The minimum Gasteiger partial charge on any atom is -0.439 e. The predicted octanol–water partition coefficient (Wildman–Crippen LogP) is 4.36. The number of hydrogen-bond donors (Lipinski definition) is 1. The van der Waals surface area contributed by atoms with E-state index >= 15 is 0 Å². The Morgan fingerprint density at radius 3 is 2.86 bits per heavy atom. The lowest BCUT2D eigenvalue weighted by atomic mass is 10.0. The molecule has 5 heteroatoms. The Labute approximate surface area is 163 Å². The Morgan fingerprint density at radius 1 is 1.07 bits per heavy atom. The van der Waals surface area contributed by atoms with Crippen molar-refractivity contribution in [1.29, 1.82) is 0 Å². The second-order valence-electron chi connectivity index (χ2n) is 6.94. The zero-order valence-electron chi connectivity index (χ0n) is 15.5. The van der Waals surface area contributed by atoms with E-state index in [-0.39, 0.29) is 11.7 Å². The average molecular weight is 376 g/mol. The third-order valence-electron chi connectivity index (χ3n) is 4.86. The molecule has 142 valence electrons. The van der Waals surface area contributed by atoms with E-state index in [1.807, 2.05) is 12.1 Å². The Bertz CT molecular complexity index is 1000. The van der Waals surface area contributed by atoms with Crippen LogP contribution in [0.3, 0.4) is 0 Å². The summed E-state index contributed by atoms with van der Waals surface area (Å²) >= 11 is 0. The van der Waals surface area contributed by atoms with Gasteiger partial charge in [0, 0.05) is 24.4 Å². The molecule has 2 aromatic carbocycles. The molecule has 4 rings (SSSR count). The number of pyridine rings is 1. The molecule has 0 radical (unpaired) electrons. The number of nitrogens with one attached hydrogen (secondary N) is 1. The lowest BCUT2D eigenvalue weighted by Crippen LogP contribution is -2.24. The molecule has 1 aliphatic carbocycles. The highest BCUT2D eigenvalue weighted by molar-refractivity contribution is 5.78. The van der Waals surface area contributed by atoms with Crippen molar-refractivity contribution in [1.82, 2.24) is 10.3 Å². The molecule has 0 spiro atoms. The van der Waals surface area contributed by atoms with Gasteiger partial charge in [-0.2, -0.15) is 0 Å². The number of aryl methyl sites for hydroxylation is 2. The van der Waals surface area contributed by atoms with Crippen LogP contribution < -0.4 is 10.1 Å². The molecule has 1 heterocycles. The fraction of sp³-hybridized carbons (Fsp3) is 0.217. The van der Waals surface area contributed by atoms with Gasteiger partial charge in [-0.15, -0.1) is 0 Å². The van der Waals surface area contributed by atoms with E-state index in [0.29, 0.717) is 24.6 Å². The Balaban J connectivity index is 1.38. The summed E-state index contributed by atoms with van der Waals surface area (Å²) in [7, 11) is 0. The van der Waals surface area contributed by atoms with Gasteiger partial charge in [0.2, 0.25) is 11.8 Å². The number of ether oxygens (including phenoxy) is 1. The Hall–Kier alpha value is -3.21. The molecule has 1 amide bonds. The first-order valence-corrected chi connectivity index (χ1v) is 9.42. The molecular formula is C23H21FN2O2. The minimum atomic E-state index is -0.377. The highest BCUT2D eigenvalue weighted by Crippen LogP contribution is 2.24. The van der Waals surface area contributed by atoms with E-state index in [0.717, 1.165) is 24.0 Å². The first kappa shape index (κ1) is 18.2. The van der Waals surface area contributed by atoms with Gasteiger partial charge >= 0.3 is 0 Å². The summed E-state index contributed by atoms with van der Waals surface area (Å²) in [4.78, 5) is 16.6. The number of fused-ring (bicyclic) bond motifs is 1. The molecule has 4 nitrogen and oxygen atoms in total. The average Bonchev–Trinajstić information content (AvgIpc) is 3.15. The van der Waals surface area contributed by atoms with Crippen molar-refractivity contribution in [3.8, 4) is 11.6 Å². The number of hydrogen-bond acceptors (Lipinski definition) is 3. The summed E-state index contributed by atoms with van der Waals surface area (Å²) in [5.41, 5.74) is 4.52. The lowest BCUT2D eigenvalue weighted by Gasteiger charge is -2.11. The van der Waals surface area contributed by atoms with Gasteiger partial charge in [0.15, 0.2) is 0 Å². The molecule has 0 atom stereocenters. The van der Waals surface area contributed by atoms with E-state index in [4.69, 9.17) is 4.74 Å². The van der Waals surface area contributed by atoms with Crippen molar-refractivity contribution in [2.75, 3.05) is 0 Å². The SMILES string of the molecule is O=C(Cc1ccc2c(c1)CCC2)NCc1cccnc1Oc1cccc(F)c1. The highest BCUT2D eigenvalue weighted by Gasteiger charge is 2.13. The van der Waals surface area contributed by atoms with Crippen LogP contribution in [0.2, 0.25) is 0 Å². The van der Waals surface area contributed by atoms with Crippen molar-refractivity contribution in [2.24, 2.45) is 0 Å². The fourth-order valence-corrected chi connectivity index (χ4v) is 3.47. The minimum absolute atomic E-state index is 0.0569. The van der Waals surface area contributed by atoms with Gasteiger partial charge in [0.05, 0.1) is 6.42 Å². The summed E-state index contributed by atoms with van der Waals surface area (Å²) in [6, 6.07) is 15.8. The molecule has 1 N–H and O–H groups in total.